The van der Waals surface area contributed by atoms with Crippen molar-refractivity contribution in [1.82, 2.24) is 14.7 Å². The van der Waals surface area contributed by atoms with Crippen LogP contribution < -0.4 is 5.32 Å². The molecule has 0 saturated carbocycles. The maximum atomic E-state index is 13.1. The average molecular weight is 360 g/mol. The third-order valence-corrected chi connectivity index (χ3v) is 5.10. The normalized spacial score (nSPS) is 16.9. The number of hydrogen-bond donors (Lipinski definition) is 1. The van der Waals surface area contributed by atoms with Crippen LogP contribution in [0.4, 0.5) is 10.5 Å². The van der Waals surface area contributed by atoms with Gasteiger partial charge in [0.15, 0.2) is 0 Å². The Morgan fingerprint density at radius 2 is 1.85 bits per heavy atom. The van der Waals surface area contributed by atoms with Crippen LogP contribution in [0.5, 0.6) is 0 Å². The van der Waals surface area contributed by atoms with Gasteiger partial charge < -0.3 is 10.2 Å². The van der Waals surface area contributed by atoms with E-state index in [0.717, 1.165) is 37.2 Å². The molecule has 1 aliphatic rings. The molecule has 3 aromatic rings. The first-order chi connectivity index (χ1) is 13.3. The number of benzene rings is 2. The van der Waals surface area contributed by atoms with E-state index in [1.165, 1.54) is 12.0 Å². The van der Waals surface area contributed by atoms with Crippen LogP contribution in [-0.4, -0.2) is 33.3 Å². The van der Waals surface area contributed by atoms with E-state index in [9.17, 15) is 4.79 Å². The molecular formula is C22H24N4O. The van der Waals surface area contributed by atoms with Crippen molar-refractivity contribution in [3.8, 4) is 5.69 Å². The molecule has 5 nitrogen and oxygen atoms in total. The molecule has 1 atom stereocenters. The van der Waals surface area contributed by atoms with Gasteiger partial charge in [0, 0.05) is 25.0 Å². The van der Waals surface area contributed by atoms with Crippen molar-refractivity contribution >= 4 is 11.7 Å². The van der Waals surface area contributed by atoms with Gasteiger partial charge >= 0.3 is 6.03 Å². The number of carbonyl (C=O) groups is 1. The first kappa shape index (κ1) is 17.3. The van der Waals surface area contributed by atoms with Gasteiger partial charge in [0.1, 0.15) is 0 Å². The van der Waals surface area contributed by atoms with Gasteiger partial charge in [-0.2, -0.15) is 5.10 Å². The number of piperidine rings is 1. The maximum Gasteiger partial charge on any atom is 0.322 e. The van der Waals surface area contributed by atoms with E-state index in [1.807, 2.05) is 47.5 Å². The van der Waals surface area contributed by atoms with Gasteiger partial charge in [0.05, 0.1) is 11.4 Å². The van der Waals surface area contributed by atoms with Crippen LogP contribution in [0.2, 0.25) is 0 Å². The predicted molar refractivity (Wildman–Crippen MR) is 107 cm³/mol. The highest BCUT2D eigenvalue weighted by atomic mass is 16.2. The first-order valence-electron chi connectivity index (χ1n) is 9.52. The van der Waals surface area contributed by atoms with Gasteiger partial charge in [-0.25, -0.2) is 9.48 Å². The number of para-hydroxylation sites is 2. The summed E-state index contributed by atoms with van der Waals surface area (Å²) in [5.41, 5.74) is 2.92. The Balaban J connectivity index is 1.52. The van der Waals surface area contributed by atoms with Gasteiger partial charge in [-0.1, -0.05) is 42.5 Å². The molecule has 1 saturated heterocycles. The van der Waals surface area contributed by atoms with Gasteiger partial charge in [0.2, 0.25) is 0 Å². The van der Waals surface area contributed by atoms with E-state index in [0.29, 0.717) is 0 Å². The van der Waals surface area contributed by atoms with Gasteiger partial charge in [-0.05, 0) is 49.4 Å². The molecule has 5 heteroatoms. The van der Waals surface area contributed by atoms with E-state index in [-0.39, 0.29) is 12.1 Å². The van der Waals surface area contributed by atoms with Crippen molar-refractivity contribution in [1.29, 1.82) is 0 Å². The van der Waals surface area contributed by atoms with Crippen LogP contribution in [0, 0.1) is 0 Å². The zero-order valence-corrected chi connectivity index (χ0v) is 15.3. The van der Waals surface area contributed by atoms with Gasteiger partial charge in [0.25, 0.3) is 0 Å². The summed E-state index contributed by atoms with van der Waals surface area (Å²) in [5, 5.41) is 7.40. The summed E-state index contributed by atoms with van der Waals surface area (Å²) in [5.74, 6) is 0. The second kappa shape index (κ2) is 8.08. The smallest absolute Gasteiger partial charge is 0.321 e. The number of urea groups is 1. The molecule has 0 radical (unpaired) electrons. The minimum Gasteiger partial charge on any atom is -0.321 e. The number of anilines is 1. The lowest BCUT2D eigenvalue weighted by atomic mass is 9.96. The SMILES string of the molecule is O=C(Nc1ccccc1-n1cccn1)N1CCCCC1Cc1ccccc1. The highest BCUT2D eigenvalue weighted by Gasteiger charge is 2.27. The summed E-state index contributed by atoms with van der Waals surface area (Å²) < 4.78 is 1.77. The molecule has 1 fully saturated rings. The molecule has 2 aromatic carbocycles. The van der Waals surface area contributed by atoms with Crippen molar-refractivity contribution in [2.75, 3.05) is 11.9 Å². The highest BCUT2D eigenvalue weighted by Crippen LogP contribution is 2.24. The Labute approximate surface area is 159 Å². The molecule has 138 valence electrons. The second-order valence-electron chi connectivity index (χ2n) is 6.93. The van der Waals surface area contributed by atoms with E-state index in [1.54, 1.807) is 10.9 Å². The second-order valence-corrected chi connectivity index (χ2v) is 6.93. The number of rotatable bonds is 4. The maximum absolute atomic E-state index is 13.1. The lowest BCUT2D eigenvalue weighted by Gasteiger charge is -2.36. The Morgan fingerprint density at radius 3 is 2.67 bits per heavy atom. The summed E-state index contributed by atoms with van der Waals surface area (Å²) >= 11 is 0. The zero-order valence-electron chi connectivity index (χ0n) is 15.3. The van der Waals surface area contributed by atoms with Gasteiger partial charge in [-0.15, -0.1) is 0 Å². The van der Waals surface area contributed by atoms with Crippen molar-refractivity contribution in [2.24, 2.45) is 0 Å². The average Bonchev–Trinajstić information content (AvgIpc) is 3.24. The minimum atomic E-state index is -0.0322. The van der Waals surface area contributed by atoms with Crippen LogP contribution in [0.15, 0.2) is 73.1 Å². The lowest BCUT2D eigenvalue weighted by Crippen LogP contribution is -2.47. The summed E-state index contributed by atoms with van der Waals surface area (Å²) in [4.78, 5) is 15.1. The van der Waals surface area contributed by atoms with Crippen LogP contribution in [0.1, 0.15) is 24.8 Å². The number of carbonyl (C=O) groups excluding carboxylic acids is 1. The lowest BCUT2D eigenvalue weighted by molar-refractivity contribution is 0.162. The number of nitrogens with one attached hydrogen (secondary N) is 1. The molecule has 1 N–H and O–H groups in total. The minimum absolute atomic E-state index is 0.0322. The number of nitrogens with zero attached hydrogens (tertiary/aromatic N) is 3. The van der Waals surface area contributed by atoms with E-state index in [2.05, 4.69) is 34.7 Å². The van der Waals surface area contributed by atoms with E-state index >= 15 is 0 Å². The summed E-state index contributed by atoms with van der Waals surface area (Å²) in [7, 11) is 0. The Bertz CT molecular complexity index is 876. The number of amides is 2. The Kier molecular flexibility index (Phi) is 5.19. The van der Waals surface area contributed by atoms with Crippen LogP contribution >= 0.6 is 0 Å². The monoisotopic (exact) mass is 360 g/mol. The number of likely N-dealkylation sites (tertiary alicyclic amines) is 1. The molecule has 1 aliphatic heterocycles. The Morgan fingerprint density at radius 1 is 1.04 bits per heavy atom. The molecule has 27 heavy (non-hydrogen) atoms. The zero-order chi connectivity index (χ0) is 18.5. The fourth-order valence-electron chi connectivity index (χ4n) is 3.74. The van der Waals surface area contributed by atoms with Crippen molar-refractivity contribution < 1.29 is 4.79 Å². The quantitative estimate of drug-likeness (QED) is 0.745. The molecule has 2 amide bonds. The predicted octanol–water partition coefficient (Wildman–Crippen LogP) is 4.50. The van der Waals surface area contributed by atoms with Crippen molar-refractivity contribution in [3.05, 3.63) is 78.6 Å². The molecule has 0 bridgehead atoms. The first-order valence-corrected chi connectivity index (χ1v) is 9.52. The fourth-order valence-corrected chi connectivity index (χ4v) is 3.74. The standard InChI is InChI=1S/C22H24N4O/c27-22(24-20-12-4-5-13-21(20)26-16-8-14-23-26)25-15-7-6-11-19(25)17-18-9-2-1-3-10-18/h1-5,8-10,12-14,16,19H,6-7,11,15,17H2,(H,24,27). The third-order valence-electron chi connectivity index (χ3n) is 5.10. The van der Waals surface area contributed by atoms with E-state index < -0.39 is 0 Å². The molecule has 1 aromatic heterocycles. The highest BCUT2D eigenvalue weighted by molar-refractivity contribution is 5.91. The summed E-state index contributed by atoms with van der Waals surface area (Å²) in [6, 6.07) is 20.3. The van der Waals surface area contributed by atoms with Crippen molar-refractivity contribution in [3.63, 3.8) is 0 Å². The molecule has 2 heterocycles. The number of hydrogen-bond acceptors (Lipinski definition) is 2. The molecule has 0 aliphatic carbocycles. The van der Waals surface area contributed by atoms with Crippen LogP contribution in [-0.2, 0) is 6.42 Å². The van der Waals surface area contributed by atoms with Crippen LogP contribution in [0.3, 0.4) is 0 Å². The van der Waals surface area contributed by atoms with Crippen LogP contribution in [0.25, 0.3) is 5.69 Å². The molecule has 4 rings (SSSR count). The Hall–Kier alpha value is -3.08. The van der Waals surface area contributed by atoms with E-state index in [4.69, 9.17) is 0 Å². The van der Waals surface area contributed by atoms with Crippen molar-refractivity contribution in [2.45, 2.75) is 31.7 Å². The molecule has 0 spiro atoms. The fraction of sp³-hybridized carbons (Fsp3) is 0.273. The topological polar surface area (TPSA) is 50.2 Å². The molecule has 1 unspecified atom stereocenters. The summed E-state index contributed by atoms with van der Waals surface area (Å²) in [6.45, 7) is 0.799. The molecular weight excluding hydrogens is 336 g/mol. The number of aromatic nitrogens is 2. The largest absolute Gasteiger partial charge is 0.322 e. The van der Waals surface area contributed by atoms with Gasteiger partial charge in [-0.3, -0.25) is 0 Å². The summed E-state index contributed by atoms with van der Waals surface area (Å²) in [6.07, 6.45) is 7.78. The third kappa shape index (κ3) is 4.03.